The van der Waals surface area contributed by atoms with Gasteiger partial charge in [0, 0.05) is 13.1 Å². The maximum absolute atomic E-state index is 13.2. The van der Waals surface area contributed by atoms with E-state index in [0.717, 1.165) is 11.3 Å². The van der Waals surface area contributed by atoms with E-state index in [1.807, 2.05) is 0 Å². The van der Waals surface area contributed by atoms with Crippen molar-refractivity contribution in [1.82, 2.24) is 14.9 Å². The molecule has 0 atom stereocenters. The van der Waals surface area contributed by atoms with Gasteiger partial charge in [0.15, 0.2) is 5.69 Å². The number of nitrogens with one attached hydrogen (secondary N) is 1. The lowest BCUT2D eigenvalue weighted by atomic mass is 10.1. The Bertz CT molecular complexity index is 636. The van der Waals surface area contributed by atoms with Crippen LogP contribution in [-0.2, 0) is 13.1 Å². The van der Waals surface area contributed by atoms with Gasteiger partial charge in [-0.25, -0.2) is 14.2 Å². The Hall–Kier alpha value is -2.21. The normalized spacial score (nSPS) is 13.6. The summed E-state index contributed by atoms with van der Waals surface area (Å²) in [5, 5.41) is 12.1. The number of hydrogen-bond donors (Lipinski definition) is 2. The van der Waals surface area contributed by atoms with Crippen LogP contribution >= 0.6 is 0 Å². The molecule has 0 saturated carbocycles. The quantitative estimate of drug-likeness (QED) is 0.797. The third-order valence-corrected chi connectivity index (χ3v) is 2.98. The van der Waals surface area contributed by atoms with Crippen molar-refractivity contribution in [3.05, 3.63) is 47.3 Å². The molecule has 0 saturated heterocycles. The molecule has 3 rings (SSSR count). The molecule has 0 spiro atoms. The van der Waals surface area contributed by atoms with Crippen molar-refractivity contribution in [2.24, 2.45) is 0 Å². The molecule has 6 heteroatoms. The van der Waals surface area contributed by atoms with Gasteiger partial charge in [0.2, 0.25) is 0 Å². The minimum atomic E-state index is -1.06. The molecule has 5 nitrogen and oxygen atoms in total. The van der Waals surface area contributed by atoms with Crippen molar-refractivity contribution in [3.63, 3.8) is 0 Å². The van der Waals surface area contributed by atoms with E-state index in [9.17, 15) is 9.18 Å². The minimum Gasteiger partial charge on any atom is -0.476 e. The highest BCUT2D eigenvalue weighted by atomic mass is 19.1. The Morgan fingerprint density at radius 1 is 1.44 bits per heavy atom. The van der Waals surface area contributed by atoms with Crippen LogP contribution in [0.15, 0.2) is 24.5 Å². The number of aromatic nitrogens is 2. The van der Waals surface area contributed by atoms with Crippen LogP contribution in [0.4, 0.5) is 4.39 Å². The molecule has 0 amide bonds. The van der Waals surface area contributed by atoms with Crippen LogP contribution in [0.5, 0.6) is 0 Å². The summed E-state index contributed by atoms with van der Waals surface area (Å²) >= 11 is 0. The van der Waals surface area contributed by atoms with Crippen molar-refractivity contribution in [2.75, 3.05) is 0 Å². The van der Waals surface area contributed by atoms with Crippen molar-refractivity contribution >= 4 is 5.97 Å². The van der Waals surface area contributed by atoms with Gasteiger partial charge < -0.3 is 15.0 Å². The summed E-state index contributed by atoms with van der Waals surface area (Å²) in [5.74, 6) is -1.37. The number of aromatic carboxylic acids is 1. The number of carbonyl (C=O) groups is 1. The zero-order chi connectivity index (χ0) is 12.7. The number of carboxylic acids is 1. The maximum Gasteiger partial charge on any atom is 0.356 e. The SMILES string of the molecule is O=C(O)c1ncn2c1CNCc1cc(F)ccc1-2. The highest BCUT2D eigenvalue weighted by Gasteiger charge is 2.21. The predicted octanol–water partition coefficient (Wildman–Crippen LogP) is 1.31. The molecule has 0 radical (unpaired) electrons. The molecule has 1 aliphatic rings. The Morgan fingerprint density at radius 3 is 3.06 bits per heavy atom. The van der Waals surface area contributed by atoms with Gasteiger partial charge in [0.05, 0.1) is 11.4 Å². The summed E-state index contributed by atoms with van der Waals surface area (Å²) in [6, 6.07) is 4.43. The van der Waals surface area contributed by atoms with E-state index in [2.05, 4.69) is 10.3 Å². The summed E-state index contributed by atoms with van der Waals surface area (Å²) in [6.45, 7) is 0.881. The number of fused-ring (bicyclic) bond motifs is 3. The topological polar surface area (TPSA) is 67.1 Å². The average Bonchev–Trinajstić information content (AvgIpc) is 2.66. The fourth-order valence-corrected chi connectivity index (χ4v) is 2.18. The van der Waals surface area contributed by atoms with Gasteiger partial charge in [-0.05, 0) is 23.8 Å². The average molecular weight is 247 g/mol. The third kappa shape index (κ3) is 1.58. The summed E-state index contributed by atoms with van der Waals surface area (Å²) < 4.78 is 14.9. The first kappa shape index (κ1) is 10.9. The Labute approximate surface area is 102 Å². The maximum atomic E-state index is 13.2. The van der Waals surface area contributed by atoms with Crippen LogP contribution in [0.3, 0.4) is 0 Å². The first-order valence-corrected chi connectivity index (χ1v) is 5.46. The second-order valence-corrected chi connectivity index (χ2v) is 4.09. The molecule has 2 N–H and O–H groups in total. The zero-order valence-electron chi connectivity index (χ0n) is 9.35. The molecule has 1 aliphatic heterocycles. The summed E-state index contributed by atoms with van der Waals surface area (Å²) in [4.78, 5) is 14.9. The number of nitrogens with zero attached hydrogens (tertiary/aromatic N) is 2. The largest absolute Gasteiger partial charge is 0.476 e. The highest BCUT2D eigenvalue weighted by Crippen LogP contribution is 2.23. The smallest absolute Gasteiger partial charge is 0.356 e. The second-order valence-electron chi connectivity index (χ2n) is 4.09. The molecule has 0 fully saturated rings. The van der Waals surface area contributed by atoms with Gasteiger partial charge in [-0.1, -0.05) is 0 Å². The molecule has 1 aromatic heterocycles. The van der Waals surface area contributed by atoms with Gasteiger partial charge >= 0.3 is 5.97 Å². The Balaban J connectivity index is 2.22. The molecular formula is C12H10FN3O2. The summed E-state index contributed by atoms with van der Waals surface area (Å²) in [6.07, 6.45) is 1.46. The first-order chi connectivity index (χ1) is 8.66. The van der Waals surface area contributed by atoms with E-state index in [4.69, 9.17) is 5.11 Å². The van der Waals surface area contributed by atoms with Crippen LogP contribution in [0, 0.1) is 5.82 Å². The number of imidazole rings is 1. The fourth-order valence-electron chi connectivity index (χ4n) is 2.18. The van der Waals surface area contributed by atoms with Crippen LogP contribution in [-0.4, -0.2) is 20.6 Å². The molecular weight excluding hydrogens is 237 g/mol. The summed E-state index contributed by atoms with van der Waals surface area (Å²) in [5.41, 5.74) is 2.15. The van der Waals surface area contributed by atoms with Crippen molar-refractivity contribution in [1.29, 1.82) is 0 Å². The molecule has 0 unspecified atom stereocenters. The van der Waals surface area contributed by atoms with Crippen molar-refractivity contribution in [3.8, 4) is 5.69 Å². The van der Waals surface area contributed by atoms with Crippen LogP contribution in [0.1, 0.15) is 21.7 Å². The van der Waals surface area contributed by atoms with Crippen molar-refractivity contribution in [2.45, 2.75) is 13.1 Å². The number of hydrogen-bond acceptors (Lipinski definition) is 3. The van der Waals surface area contributed by atoms with Crippen molar-refractivity contribution < 1.29 is 14.3 Å². The fraction of sp³-hybridized carbons (Fsp3) is 0.167. The van der Waals surface area contributed by atoms with Gasteiger partial charge in [0.1, 0.15) is 12.1 Å². The molecule has 0 aliphatic carbocycles. The van der Waals surface area contributed by atoms with Crippen LogP contribution < -0.4 is 5.32 Å². The number of benzene rings is 1. The number of rotatable bonds is 1. The molecule has 2 heterocycles. The lowest BCUT2D eigenvalue weighted by Gasteiger charge is -2.08. The van der Waals surface area contributed by atoms with E-state index < -0.39 is 5.97 Å². The third-order valence-electron chi connectivity index (χ3n) is 2.98. The van der Waals surface area contributed by atoms with E-state index in [1.165, 1.54) is 18.5 Å². The minimum absolute atomic E-state index is 0.0275. The van der Waals surface area contributed by atoms with Crippen LogP contribution in [0.25, 0.3) is 5.69 Å². The zero-order valence-corrected chi connectivity index (χ0v) is 9.35. The van der Waals surface area contributed by atoms with Gasteiger partial charge in [-0.15, -0.1) is 0 Å². The molecule has 1 aromatic carbocycles. The van der Waals surface area contributed by atoms with E-state index >= 15 is 0 Å². The van der Waals surface area contributed by atoms with E-state index in [-0.39, 0.29) is 11.5 Å². The van der Waals surface area contributed by atoms with Gasteiger partial charge in [-0.2, -0.15) is 0 Å². The second kappa shape index (κ2) is 3.92. The lowest BCUT2D eigenvalue weighted by Crippen LogP contribution is -2.14. The molecule has 92 valence electrons. The standard InChI is InChI=1S/C12H10FN3O2/c13-8-1-2-9-7(3-8)4-14-5-10-11(12(17)18)15-6-16(9)10/h1-3,6,14H,4-5H2,(H,17,18). The lowest BCUT2D eigenvalue weighted by molar-refractivity contribution is 0.0689. The molecule has 18 heavy (non-hydrogen) atoms. The van der Waals surface area contributed by atoms with Gasteiger partial charge in [0.25, 0.3) is 0 Å². The van der Waals surface area contributed by atoms with Crippen LogP contribution in [0.2, 0.25) is 0 Å². The van der Waals surface area contributed by atoms with Gasteiger partial charge in [-0.3, -0.25) is 0 Å². The number of halogens is 1. The molecule has 0 bridgehead atoms. The highest BCUT2D eigenvalue weighted by molar-refractivity contribution is 5.87. The Kier molecular flexibility index (Phi) is 2.38. The predicted molar refractivity (Wildman–Crippen MR) is 61.0 cm³/mol. The molecule has 2 aromatic rings. The monoisotopic (exact) mass is 247 g/mol. The number of carboxylic acid groups (broad SMARTS) is 1. The summed E-state index contributed by atoms with van der Waals surface area (Å²) in [7, 11) is 0. The van der Waals surface area contributed by atoms with E-state index in [0.29, 0.717) is 18.8 Å². The Morgan fingerprint density at radius 2 is 2.28 bits per heavy atom. The first-order valence-electron chi connectivity index (χ1n) is 5.46. The van der Waals surface area contributed by atoms with E-state index in [1.54, 1.807) is 10.6 Å².